The Labute approximate surface area is 98.1 Å². The van der Waals surface area contributed by atoms with E-state index in [0.29, 0.717) is 6.61 Å². The van der Waals surface area contributed by atoms with Crippen LogP contribution in [-0.4, -0.2) is 12.6 Å². The Kier molecular flexibility index (Phi) is 10.5. The third kappa shape index (κ3) is 7.65. The van der Waals surface area contributed by atoms with Crippen molar-refractivity contribution in [2.24, 2.45) is 5.92 Å². The van der Waals surface area contributed by atoms with Gasteiger partial charge in [0, 0.05) is 0 Å². The summed E-state index contributed by atoms with van der Waals surface area (Å²) in [6, 6.07) is 0. The zero-order chi connectivity index (χ0) is 12.2. The predicted molar refractivity (Wildman–Crippen MR) is 61.3 cm³/mol. The molecule has 0 fully saturated rings. The quantitative estimate of drug-likeness (QED) is 0.329. The molecule has 0 aliphatic rings. The van der Waals surface area contributed by atoms with E-state index in [1.165, 1.54) is 0 Å². The van der Waals surface area contributed by atoms with Crippen molar-refractivity contribution in [2.45, 2.75) is 59.3 Å². The van der Waals surface area contributed by atoms with Gasteiger partial charge in [0.2, 0.25) is 0 Å². The number of unbranched alkanes of at least 4 members (excludes halogenated alkanes) is 2. The standard InChI is InChI=1S/C12H24O4/c1-4-7-9-11(6-3)12(13)15-16-14-10-8-5-2/h11H,4-10H2,1-3H3. The van der Waals surface area contributed by atoms with Crippen LogP contribution < -0.4 is 0 Å². The highest BCUT2D eigenvalue weighted by Gasteiger charge is 2.18. The van der Waals surface area contributed by atoms with Crippen molar-refractivity contribution in [3.05, 3.63) is 0 Å². The van der Waals surface area contributed by atoms with Crippen LogP contribution in [0.3, 0.4) is 0 Å². The number of carbonyl (C=O) groups is 1. The fourth-order valence-corrected chi connectivity index (χ4v) is 1.30. The van der Waals surface area contributed by atoms with E-state index in [4.69, 9.17) is 4.89 Å². The second kappa shape index (κ2) is 10.9. The molecule has 0 aromatic rings. The molecule has 1 atom stereocenters. The zero-order valence-electron chi connectivity index (χ0n) is 10.7. The molecule has 4 nitrogen and oxygen atoms in total. The van der Waals surface area contributed by atoms with Crippen LogP contribution in [0.2, 0.25) is 0 Å². The normalized spacial score (nSPS) is 12.4. The number of rotatable bonds is 10. The topological polar surface area (TPSA) is 44.8 Å². The first-order chi connectivity index (χ1) is 7.76. The summed E-state index contributed by atoms with van der Waals surface area (Å²) in [6.45, 7) is 6.57. The van der Waals surface area contributed by atoms with Crippen LogP contribution in [0, 0.1) is 5.92 Å². The lowest BCUT2D eigenvalue weighted by molar-refractivity contribution is -0.487. The number of hydrogen-bond acceptors (Lipinski definition) is 4. The van der Waals surface area contributed by atoms with Crippen LogP contribution in [0.4, 0.5) is 0 Å². The Bertz CT molecular complexity index is 170. The van der Waals surface area contributed by atoms with Gasteiger partial charge >= 0.3 is 5.97 Å². The molecule has 0 rings (SSSR count). The summed E-state index contributed by atoms with van der Waals surface area (Å²) in [7, 11) is 0. The van der Waals surface area contributed by atoms with E-state index < -0.39 is 0 Å². The highest BCUT2D eigenvalue weighted by atomic mass is 17.5. The van der Waals surface area contributed by atoms with E-state index in [2.05, 4.69) is 16.8 Å². The maximum absolute atomic E-state index is 11.5. The zero-order valence-corrected chi connectivity index (χ0v) is 10.7. The maximum atomic E-state index is 11.5. The van der Waals surface area contributed by atoms with Crippen molar-refractivity contribution in [3.63, 3.8) is 0 Å². The molecule has 16 heavy (non-hydrogen) atoms. The smallest absolute Gasteiger partial charge is 0.269 e. The van der Waals surface area contributed by atoms with E-state index in [1.807, 2.05) is 13.8 Å². The predicted octanol–water partition coefficient (Wildman–Crippen LogP) is 3.41. The Morgan fingerprint density at radius 2 is 1.81 bits per heavy atom. The maximum Gasteiger partial charge on any atom is 0.348 e. The minimum Gasteiger partial charge on any atom is -0.269 e. The molecule has 0 heterocycles. The van der Waals surface area contributed by atoms with Gasteiger partial charge in [-0.1, -0.05) is 40.0 Å². The van der Waals surface area contributed by atoms with Crippen molar-refractivity contribution in [3.8, 4) is 0 Å². The molecule has 0 spiro atoms. The first-order valence-electron chi connectivity index (χ1n) is 6.26. The molecule has 0 aromatic heterocycles. The van der Waals surface area contributed by atoms with Gasteiger partial charge in [0.15, 0.2) is 0 Å². The van der Waals surface area contributed by atoms with E-state index in [9.17, 15) is 4.79 Å². The number of hydrogen-bond donors (Lipinski definition) is 0. The molecule has 96 valence electrons. The van der Waals surface area contributed by atoms with Gasteiger partial charge in [-0.25, -0.2) is 4.79 Å². The van der Waals surface area contributed by atoms with Crippen molar-refractivity contribution < 1.29 is 19.6 Å². The Morgan fingerprint density at radius 3 is 2.38 bits per heavy atom. The highest BCUT2D eigenvalue weighted by Crippen LogP contribution is 2.14. The van der Waals surface area contributed by atoms with E-state index in [1.54, 1.807) is 0 Å². The van der Waals surface area contributed by atoms with Crippen LogP contribution in [-0.2, 0) is 19.6 Å². The largest absolute Gasteiger partial charge is 0.348 e. The Morgan fingerprint density at radius 1 is 1.12 bits per heavy atom. The lowest BCUT2D eigenvalue weighted by Gasteiger charge is -2.11. The fraction of sp³-hybridized carbons (Fsp3) is 0.917. The average Bonchev–Trinajstić information content (AvgIpc) is 2.30. The van der Waals surface area contributed by atoms with Crippen LogP contribution >= 0.6 is 0 Å². The summed E-state index contributed by atoms with van der Waals surface area (Å²) >= 11 is 0. The molecule has 0 amide bonds. The second-order valence-electron chi connectivity index (χ2n) is 3.89. The molecule has 4 heteroatoms. The van der Waals surface area contributed by atoms with E-state index >= 15 is 0 Å². The molecule has 0 saturated heterocycles. The highest BCUT2D eigenvalue weighted by molar-refractivity contribution is 5.71. The van der Waals surface area contributed by atoms with Crippen molar-refractivity contribution in [1.29, 1.82) is 0 Å². The van der Waals surface area contributed by atoms with Crippen molar-refractivity contribution in [1.82, 2.24) is 0 Å². The fourth-order valence-electron chi connectivity index (χ4n) is 1.30. The molecule has 0 saturated carbocycles. The summed E-state index contributed by atoms with van der Waals surface area (Å²) in [6.07, 6.45) is 5.65. The molecule has 0 aliphatic carbocycles. The molecule has 0 bridgehead atoms. The molecular formula is C12H24O4. The molecular weight excluding hydrogens is 208 g/mol. The van der Waals surface area contributed by atoms with Crippen molar-refractivity contribution >= 4 is 5.97 Å². The SMILES string of the molecule is CCCCOOOC(=O)C(CC)CCCC. The summed E-state index contributed by atoms with van der Waals surface area (Å²) in [5.74, 6) is -0.401. The first kappa shape index (κ1) is 15.4. The van der Waals surface area contributed by atoms with Gasteiger partial charge in [0.1, 0.15) is 0 Å². The average molecular weight is 232 g/mol. The first-order valence-corrected chi connectivity index (χ1v) is 6.26. The van der Waals surface area contributed by atoms with Crippen LogP contribution in [0.25, 0.3) is 0 Å². The van der Waals surface area contributed by atoms with E-state index in [-0.39, 0.29) is 11.9 Å². The second-order valence-corrected chi connectivity index (χ2v) is 3.89. The van der Waals surface area contributed by atoms with Gasteiger partial charge in [-0.2, -0.15) is 4.89 Å². The Hall–Kier alpha value is -0.610. The summed E-state index contributed by atoms with van der Waals surface area (Å²) in [5.41, 5.74) is 0. The van der Waals surface area contributed by atoms with Gasteiger partial charge < -0.3 is 0 Å². The third-order valence-corrected chi connectivity index (χ3v) is 2.48. The van der Waals surface area contributed by atoms with Gasteiger partial charge in [-0.15, -0.1) is 0 Å². The molecule has 0 radical (unpaired) electrons. The third-order valence-electron chi connectivity index (χ3n) is 2.48. The monoisotopic (exact) mass is 232 g/mol. The number of carbonyl (C=O) groups excluding carboxylic acids is 1. The van der Waals surface area contributed by atoms with Gasteiger partial charge in [-0.3, -0.25) is 4.89 Å². The van der Waals surface area contributed by atoms with Crippen LogP contribution in [0.5, 0.6) is 0 Å². The van der Waals surface area contributed by atoms with Gasteiger partial charge in [-0.05, 0) is 24.3 Å². The van der Waals surface area contributed by atoms with Crippen LogP contribution in [0.15, 0.2) is 0 Å². The molecule has 0 N–H and O–H groups in total. The van der Waals surface area contributed by atoms with E-state index in [0.717, 1.165) is 38.5 Å². The lowest BCUT2D eigenvalue weighted by Crippen LogP contribution is -2.17. The minimum atomic E-state index is -0.326. The summed E-state index contributed by atoms with van der Waals surface area (Å²) < 4.78 is 0. The minimum absolute atomic E-state index is 0.0743. The summed E-state index contributed by atoms with van der Waals surface area (Å²) in [5, 5.41) is 4.41. The summed E-state index contributed by atoms with van der Waals surface area (Å²) in [4.78, 5) is 20.8. The Balaban J connectivity index is 3.58. The molecule has 0 aromatic carbocycles. The van der Waals surface area contributed by atoms with Gasteiger partial charge in [0.25, 0.3) is 0 Å². The van der Waals surface area contributed by atoms with Crippen LogP contribution in [0.1, 0.15) is 59.3 Å². The molecule has 1 unspecified atom stereocenters. The van der Waals surface area contributed by atoms with Crippen molar-refractivity contribution in [2.75, 3.05) is 6.61 Å². The van der Waals surface area contributed by atoms with Gasteiger partial charge in [0.05, 0.1) is 12.5 Å². The molecule has 0 aliphatic heterocycles. The lowest BCUT2D eigenvalue weighted by atomic mass is 10.00.